The fraction of sp³-hybridized carbons (Fsp3) is 0.381. The summed E-state index contributed by atoms with van der Waals surface area (Å²) in [5.74, 6) is 0.0906. The average molecular weight is 476 g/mol. The lowest BCUT2D eigenvalue weighted by atomic mass is 9.79. The van der Waals surface area contributed by atoms with Crippen LogP contribution in [0.5, 0.6) is 0 Å². The van der Waals surface area contributed by atoms with Crippen LogP contribution >= 0.6 is 20.7 Å². The molecular formula is C21H21F4I. The van der Waals surface area contributed by atoms with Gasteiger partial charge in [0.15, 0.2) is 0 Å². The summed E-state index contributed by atoms with van der Waals surface area (Å²) in [5.41, 5.74) is 1.34. The Morgan fingerprint density at radius 1 is 1.00 bits per heavy atom. The van der Waals surface area contributed by atoms with E-state index >= 15 is 0 Å². The summed E-state index contributed by atoms with van der Waals surface area (Å²) in [4.78, 5) is 0. The Morgan fingerprint density at radius 2 is 1.69 bits per heavy atom. The van der Waals surface area contributed by atoms with Gasteiger partial charge in [0.1, 0.15) is 5.82 Å². The first-order valence-electron chi connectivity index (χ1n) is 8.69. The van der Waals surface area contributed by atoms with Gasteiger partial charge in [0, 0.05) is 3.57 Å². The highest BCUT2D eigenvalue weighted by Crippen LogP contribution is 2.39. The SMILES string of the molecule is C=Ic1cc(C2CCC(C)CC2)ccc1-c1ccc(C(F)(F)F)c(F)c1. The number of hydrogen-bond donors (Lipinski definition) is 0. The van der Waals surface area contributed by atoms with E-state index in [4.69, 9.17) is 0 Å². The highest BCUT2D eigenvalue weighted by molar-refractivity contribution is 14.2. The standard InChI is InChI=1S/C21H21F4I/c1-13-3-5-14(6-4-13)15-7-9-17(20(12-15)26-2)16-8-10-18(19(22)11-16)21(23,24)25/h7-14H,2-6H2,1H3. The molecule has 0 unspecified atom stereocenters. The Morgan fingerprint density at radius 3 is 2.27 bits per heavy atom. The summed E-state index contributed by atoms with van der Waals surface area (Å²) in [6, 6.07) is 9.29. The fourth-order valence-corrected chi connectivity index (χ4v) is 5.12. The van der Waals surface area contributed by atoms with Gasteiger partial charge in [-0.3, -0.25) is 0 Å². The Kier molecular flexibility index (Phi) is 5.85. The smallest absolute Gasteiger partial charge is 0.206 e. The number of benzene rings is 2. The van der Waals surface area contributed by atoms with Gasteiger partial charge in [-0.15, -0.1) is 0 Å². The lowest BCUT2D eigenvalue weighted by Gasteiger charge is -2.27. The van der Waals surface area contributed by atoms with E-state index in [1.54, 1.807) is 0 Å². The molecule has 1 saturated carbocycles. The van der Waals surface area contributed by atoms with E-state index < -0.39 is 38.3 Å². The zero-order valence-corrected chi connectivity index (χ0v) is 16.7. The van der Waals surface area contributed by atoms with Gasteiger partial charge >= 0.3 is 6.18 Å². The number of rotatable bonds is 3. The van der Waals surface area contributed by atoms with Crippen molar-refractivity contribution in [3.63, 3.8) is 0 Å². The van der Waals surface area contributed by atoms with Crippen LogP contribution in [0.1, 0.15) is 49.7 Å². The predicted octanol–water partition coefficient (Wildman–Crippen LogP) is 7.38. The Balaban J connectivity index is 1.93. The number of hydrogen-bond acceptors (Lipinski definition) is 0. The van der Waals surface area contributed by atoms with Crippen molar-refractivity contribution >= 4 is 25.2 Å². The van der Waals surface area contributed by atoms with Crippen molar-refractivity contribution in [1.29, 1.82) is 0 Å². The normalized spacial score (nSPS) is 21.0. The summed E-state index contributed by atoms with van der Waals surface area (Å²) in [5, 5.41) is 0. The van der Waals surface area contributed by atoms with Crippen molar-refractivity contribution in [3.05, 3.63) is 56.9 Å². The van der Waals surface area contributed by atoms with Gasteiger partial charge in [0.05, 0.1) is 5.56 Å². The minimum atomic E-state index is -4.67. The van der Waals surface area contributed by atoms with Gasteiger partial charge in [0.2, 0.25) is 0 Å². The third-order valence-electron chi connectivity index (χ3n) is 5.21. The Bertz CT molecular complexity index is 802. The second-order valence-electron chi connectivity index (χ2n) is 7.02. The topological polar surface area (TPSA) is 0 Å². The lowest BCUT2D eigenvalue weighted by molar-refractivity contribution is -0.139. The zero-order valence-electron chi connectivity index (χ0n) is 14.5. The third kappa shape index (κ3) is 4.18. The van der Waals surface area contributed by atoms with Crippen LogP contribution < -0.4 is 0 Å². The first-order chi connectivity index (χ1) is 12.3. The molecule has 0 aromatic heterocycles. The van der Waals surface area contributed by atoms with Crippen molar-refractivity contribution in [3.8, 4) is 11.1 Å². The van der Waals surface area contributed by atoms with E-state index in [9.17, 15) is 17.6 Å². The van der Waals surface area contributed by atoms with E-state index in [1.165, 1.54) is 37.3 Å². The van der Waals surface area contributed by atoms with E-state index in [-0.39, 0.29) is 0 Å². The summed E-state index contributed by atoms with van der Waals surface area (Å²) in [6.07, 6.45) is 0.123. The molecule has 2 aromatic carbocycles. The molecule has 26 heavy (non-hydrogen) atoms. The van der Waals surface area contributed by atoms with Gasteiger partial charge in [-0.2, -0.15) is 13.2 Å². The van der Waals surface area contributed by atoms with E-state index in [1.807, 2.05) is 6.07 Å². The monoisotopic (exact) mass is 476 g/mol. The van der Waals surface area contributed by atoms with Crippen LogP contribution in [-0.2, 0) is 6.18 Å². The van der Waals surface area contributed by atoms with Crippen LogP contribution in [0, 0.1) is 15.3 Å². The first-order valence-corrected chi connectivity index (χ1v) is 11.3. The molecule has 0 aliphatic heterocycles. The van der Waals surface area contributed by atoms with E-state index in [2.05, 4.69) is 23.6 Å². The molecule has 0 saturated heterocycles. The first kappa shape index (κ1) is 19.5. The largest absolute Gasteiger partial charge is 0.419 e. The summed E-state index contributed by atoms with van der Waals surface area (Å²) in [7, 11) is 0. The third-order valence-corrected chi connectivity index (χ3v) is 6.92. The fourth-order valence-electron chi connectivity index (χ4n) is 3.64. The Hall–Kier alpha value is -1.24. The molecule has 1 aliphatic rings. The maximum Gasteiger partial charge on any atom is 0.419 e. The number of halogens is 5. The highest BCUT2D eigenvalue weighted by atomic mass is 127. The minimum Gasteiger partial charge on any atom is -0.206 e. The molecule has 3 rings (SSSR count). The second kappa shape index (κ2) is 7.79. The Labute approximate surface area is 161 Å². The van der Waals surface area contributed by atoms with Crippen LogP contribution in [0.2, 0.25) is 0 Å². The molecule has 140 valence electrons. The molecule has 1 aliphatic carbocycles. The van der Waals surface area contributed by atoms with Crippen molar-refractivity contribution in [2.45, 2.75) is 44.7 Å². The van der Waals surface area contributed by atoms with Crippen LogP contribution in [0.25, 0.3) is 11.1 Å². The lowest BCUT2D eigenvalue weighted by Crippen LogP contribution is -2.11. The quantitative estimate of drug-likeness (QED) is 0.321. The zero-order chi connectivity index (χ0) is 18.9. The van der Waals surface area contributed by atoms with Crippen LogP contribution in [0.15, 0.2) is 36.4 Å². The van der Waals surface area contributed by atoms with Crippen molar-refractivity contribution in [1.82, 2.24) is 0 Å². The summed E-state index contributed by atoms with van der Waals surface area (Å²) < 4.78 is 57.4. The predicted molar refractivity (Wildman–Crippen MR) is 107 cm³/mol. The van der Waals surface area contributed by atoms with Crippen LogP contribution in [-0.4, -0.2) is 4.51 Å². The van der Waals surface area contributed by atoms with E-state index in [0.717, 1.165) is 27.2 Å². The molecule has 0 amide bonds. The minimum absolute atomic E-state index is 0.484. The summed E-state index contributed by atoms with van der Waals surface area (Å²) in [6.45, 7) is 2.28. The maximum absolute atomic E-state index is 13.9. The molecule has 0 spiro atoms. The van der Waals surface area contributed by atoms with E-state index in [0.29, 0.717) is 11.5 Å². The van der Waals surface area contributed by atoms with Crippen LogP contribution in [0.4, 0.5) is 17.6 Å². The number of alkyl halides is 3. The van der Waals surface area contributed by atoms with Gasteiger partial charge in [-0.25, -0.2) is 4.39 Å². The molecule has 2 aromatic rings. The van der Waals surface area contributed by atoms with Gasteiger partial charge < -0.3 is 0 Å². The van der Waals surface area contributed by atoms with Crippen molar-refractivity contribution < 1.29 is 17.6 Å². The van der Waals surface area contributed by atoms with Gasteiger partial charge in [0.25, 0.3) is 0 Å². The maximum atomic E-state index is 13.9. The highest BCUT2D eigenvalue weighted by Gasteiger charge is 2.34. The van der Waals surface area contributed by atoms with Gasteiger partial charge in [-0.05, 0) is 59.6 Å². The second-order valence-corrected chi connectivity index (χ2v) is 8.95. The molecule has 5 heteroatoms. The molecule has 0 bridgehead atoms. The molecule has 0 nitrogen and oxygen atoms in total. The van der Waals surface area contributed by atoms with Crippen LogP contribution in [0.3, 0.4) is 0 Å². The van der Waals surface area contributed by atoms with Crippen molar-refractivity contribution in [2.75, 3.05) is 0 Å². The van der Waals surface area contributed by atoms with Gasteiger partial charge in [-0.1, -0.05) is 63.2 Å². The molecule has 0 radical (unpaired) electrons. The summed E-state index contributed by atoms with van der Waals surface area (Å²) >= 11 is -0.522. The average Bonchev–Trinajstić information content (AvgIpc) is 2.60. The molecular weight excluding hydrogens is 455 g/mol. The molecule has 1 fully saturated rings. The molecule has 0 heterocycles. The molecule has 0 N–H and O–H groups in total. The molecule has 0 atom stereocenters. The van der Waals surface area contributed by atoms with Crippen molar-refractivity contribution in [2.24, 2.45) is 5.92 Å².